The quantitative estimate of drug-likeness (QED) is 0.660. The molecule has 1 aliphatic rings. The van der Waals surface area contributed by atoms with Crippen LogP contribution in [0.4, 0.5) is 0 Å². The number of fused-ring (bicyclic) bond motifs is 1. The third kappa shape index (κ3) is 3.22. The zero-order valence-electron chi connectivity index (χ0n) is 9.06. The summed E-state index contributed by atoms with van der Waals surface area (Å²) < 4.78 is 0. The van der Waals surface area contributed by atoms with Crippen LogP contribution in [0.5, 0.6) is 0 Å². The predicted molar refractivity (Wildman–Crippen MR) is 63.1 cm³/mol. The van der Waals surface area contributed by atoms with Crippen molar-refractivity contribution in [3.8, 4) is 0 Å². The van der Waals surface area contributed by atoms with E-state index in [2.05, 4.69) is 25.6 Å². The summed E-state index contributed by atoms with van der Waals surface area (Å²) in [7, 11) is 0. The van der Waals surface area contributed by atoms with Crippen molar-refractivity contribution in [1.29, 1.82) is 0 Å². The van der Waals surface area contributed by atoms with Crippen LogP contribution in [0.3, 0.4) is 0 Å². The van der Waals surface area contributed by atoms with Crippen molar-refractivity contribution in [3.63, 3.8) is 0 Å². The first kappa shape index (κ1) is 10.9. The van der Waals surface area contributed by atoms with Crippen molar-refractivity contribution in [3.05, 3.63) is 30.7 Å². The molecule has 0 amide bonds. The molecule has 16 heavy (non-hydrogen) atoms. The SMILES string of the molecule is C1CNCCN1.c1cnc2nccnc2c1. The number of aromatic nitrogens is 3. The Morgan fingerprint density at radius 2 is 1.44 bits per heavy atom. The van der Waals surface area contributed by atoms with Gasteiger partial charge in [-0.1, -0.05) is 0 Å². The largest absolute Gasteiger partial charge is 0.314 e. The van der Waals surface area contributed by atoms with Crippen LogP contribution in [0.1, 0.15) is 0 Å². The highest BCUT2D eigenvalue weighted by Crippen LogP contribution is 2.00. The highest BCUT2D eigenvalue weighted by atomic mass is 15.0. The molecule has 0 aromatic carbocycles. The normalized spacial score (nSPS) is 15.2. The molecule has 0 saturated carbocycles. The van der Waals surface area contributed by atoms with Gasteiger partial charge in [-0.15, -0.1) is 0 Å². The molecular formula is C11H15N5. The summed E-state index contributed by atoms with van der Waals surface area (Å²) in [6.45, 7) is 4.56. The lowest BCUT2D eigenvalue weighted by Crippen LogP contribution is -2.39. The Kier molecular flexibility index (Phi) is 4.16. The predicted octanol–water partition coefficient (Wildman–Crippen LogP) is 0.204. The summed E-state index contributed by atoms with van der Waals surface area (Å²) in [4.78, 5) is 12.1. The third-order valence-corrected chi connectivity index (χ3v) is 2.20. The first-order valence-corrected chi connectivity index (χ1v) is 5.40. The van der Waals surface area contributed by atoms with Crippen LogP contribution in [-0.2, 0) is 0 Å². The highest BCUT2D eigenvalue weighted by Gasteiger charge is 1.91. The lowest BCUT2D eigenvalue weighted by molar-refractivity contribution is 0.534. The number of nitrogens with one attached hydrogen (secondary N) is 2. The molecule has 5 nitrogen and oxygen atoms in total. The van der Waals surface area contributed by atoms with Gasteiger partial charge in [0.1, 0.15) is 5.52 Å². The van der Waals surface area contributed by atoms with Crippen LogP contribution < -0.4 is 10.6 Å². The fraction of sp³-hybridized carbons (Fsp3) is 0.364. The first-order valence-electron chi connectivity index (χ1n) is 5.40. The van der Waals surface area contributed by atoms with Gasteiger partial charge < -0.3 is 10.6 Å². The maximum Gasteiger partial charge on any atom is 0.178 e. The Labute approximate surface area is 94.3 Å². The van der Waals surface area contributed by atoms with Crippen molar-refractivity contribution in [2.75, 3.05) is 26.2 Å². The lowest BCUT2D eigenvalue weighted by Gasteiger charge is -2.11. The maximum atomic E-state index is 4.06. The van der Waals surface area contributed by atoms with E-state index >= 15 is 0 Å². The molecule has 3 rings (SSSR count). The fourth-order valence-electron chi connectivity index (χ4n) is 1.41. The Morgan fingerprint density at radius 3 is 2.06 bits per heavy atom. The summed E-state index contributed by atoms with van der Waals surface area (Å²) in [5, 5.41) is 6.44. The molecule has 0 unspecified atom stereocenters. The zero-order valence-corrected chi connectivity index (χ0v) is 9.06. The van der Waals surface area contributed by atoms with E-state index in [1.54, 1.807) is 18.6 Å². The van der Waals surface area contributed by atoms with E-state index in [0.29, 0.717) is 5.65 Å². The van der Waals surface area contributed by atoms with Crippen molar-refractivity contribution in [1.82, 2.24) is 25.6 Å². The summed E-state index contributed by atoms with van der Waals surface area (Å²) in [6, 6.07) is 3.73. The number of piperazine rings is 1. The van der Waals surface area contributed by atoms with Gasteiger partial charge in [0.25, 0.3) is 0 Å². The van der Waals surface area contributed by atoms with Gasteiger partial charge in [0, 0.05) is 44.8 Å². The van der Waals surface area contributed by atoms with Crippen molar-refractivity contribution >= 4 is 11.2 Å². The first-order chi connectivity index (χ1) is 7.97. The molecule has 0 spiro atoms. The van der Waals surface area contributed by atoms with E-state index in [-0.39, 0.29) is 0 Å². The van der Waals surface area contributed by atoms with Gasteiger partial charge in [-0.3, -0.25) is 4.98 Å². The average Bonchev–Trinajstić information content (AvgIpc) is 2.42. The van der Waals surface area contributed by atoms with Gasteiger partial charge >= 0.3 is 0 Å². The van der Waals surface area contributed by atoms with Crippen LogP contribution in [0, 0.1) is 0 Å². The number of hydrogen-bond donors (Lipinski definition) is 2. The molecule has 1 fully saturated rings. The summed E-state index contributed by atoms with van der Waals surface area (Å²) in [5.41, 5.74) is 1.54. The smallest absolute Gasteiger partial charge is 0.178 e. The molecule has 2 aromatic rings. The van der Waals surface area contributed by atoms with E-state index in [1.807, 2.05) is 12.1 Å². The van der Waals surface area contributed by atoms with Crippen molar-refractivity contribution in [2.24, 2.45) is 0 Å². The summed E-state index contributed by atoms with van der Waals surface area (Å²) in [5.74, 6) is 0. The second-order valence-corrected chi connectivity index (χ2v) is 3.40. The fourth-order valence-corrected chi connectivity index (χ4v) is 1.41. The number of hydrogen-bond acceptors (Lipinski definition) is 5. The van der Waals surface area contributed by atoms with E-state index < -0.39 is 0 Å². The number of rotatable bonds is 0. The lowest BCUT2D eigenvalue weighted by atomic mass is 10.4. The van der Waals surface area contributed by atoms with E-state index in [9.17, 15) is 0 Å². The van der Waals surface area contributed by atoms with E-state index in [1.165, 1.54) is 0 Å². The molecular weight excluding hydrogens is 202 g/mol. The Morgan fingerprint density at radius 1 is 0.812 bits per heavy atom. The minimum absolute atomic E-state index is 0.699. The molecule has 3 heterocycles. The minimum Gasteiger partial charge on any atom is -0.314 e. The van der Waals surface area contributed by atoms with Gasteiger partial charge in [0.15, 0.2) is 5.65 Å². The third-order valence-electron chi connectivity index (χ3n) is 2.20. The minimum atomic E-state index is 0.699. The van der Waals surface area contributed by atoms with E-state index in [4.69, 9.17) is 0 Å². The monoisotopic (exact) mass is 217 g/mol. The topological polar surface area (TPSA) is 62.7 Å². The zero-order chi connectivity index (χ0) is 11.1. The van der Waals surface area contributed by atoms with Crippen LogP contribution >= 0.6 is 0 Å². The van der Waals surface area contributed by atoms with Crippen molar-refractivity contribution in [2.45, 2.75) is 0 Å². The molecule has 84 valence electrons. The number of nitrogens with zero attached hydrogens (tertiary/aromatic N) is 3. The number of pyridine rings is 1. The van der Waals surface area contributed by atoms with Gasteiger partial charge in [-0.05, 0) is 12.1 Å². The van der Waals surface area contributed by atoms with Crippen LogP contribution in [0.15, 0.2) is 30.7 Å². The second kappa shape index (κ2) is 6.09. The van der Waals surface area contributed by atoms with Crippen molar-refractivity contribution < 1.29 is 0 Å². The maximum absolute atomic E-state index is 4.06. The molecule has 0 radical (unpaired) electrons. The molecule has 2 aromatic heterocycles. The van der Waals surface area contributed by atoms with Gasteiger partial charge in [-0.2, -0.15) is 0 Å². The molecule has 0 aliphatic carbocycles. The molecule has 2 N–H and O–H groups in total. The average molecular weight is 217 g/mol. The summed E-state index contributed by atoms with van der Waals surface area (Å²) >= 11 is 0. The molecule has 0 atom stereocenters. The Balaban J connectivity index is 0.000000138. The summed E-state index contributed by atoms with van der Waals surface area (Å²) in [6.07, 6.45) is 5.00. The highest BCUT2D eigenvalue weighted by molar-refractivity contribution is 5.67. The Bertz CT molecular complexity index is 350. The standard InChI is InChI=1S/C7H5N3.C4H10N2/c1-2-6-7(9-3-1)10-5-4-8-6;1-2-6-4-3-5-1/h1-5H;5-6H,1-4H2. The molecule has 1 saturated heterocycles. The van der Waals surface area contributed by atoms with Gasteiger partial charge in [-0.25, -0.2) is 9.97 Å². The van der Waals surface area contributed by atoms with Crippen LogP contribution in [-0.4, -0.2) is 41.1 Å². The second-order valence-electron chi connectivity index (χ2n) is 3.40. The molecule has 1 aliphatic heterocycles. The van der Waals surface area contributed by atoms with Crippen LogP contribution in [0.2, 0.25) is 0 Å². The molecule has 5 heteroatoms. The Hall–Kier alpha value is -1.59. The van der Waals surface area contributed by atoms with Crippen LogP contribution in [0.25, 0.3) is 11.2 Å². The van der Waals surface area contributed by atoms with Gasteiger partial charge in [0.2, 0.25) is 0 Å². The van der Waals surface area contributed by atoms with Gasteiger partial charge in [0.05, 0.1) is 0 Å². The molecule has 0 bridgehead atoms. The van der Waals surface area contributed by atoms with E-state index in [0.717, 1.165) is 31.7 Å².